The van der Waals surface area contributed by atoms with Crippen molar-refractivity contribution in [1.29, 1.82) is 0 Å². The summed E-state index contributed by atoms with van der Waals surface area (Å²) in [5, 5.41) is 4.76. The van der Waals surface area contributed by atoms with E-state index in [1.807, 2.05) is 0 Å². The van der Waals surface area contributed by atoms with Crippen molar-refractivity contribution in [3.63, 3.8) is 0 Å². The summed E-state index contributed by atoms with van der Waals surface area (Å²) in [6.07, 6.45) is 2.75. The molecule has 0 unspecified atom stereocenters. The smallest absolute Gasteiger partial charge is 0.338 e. The SMILES string of the molecule is COC(=O)c1cccc2c1cnn2N(c1ncc(Cl)s1)S(=O)(=O)Cc1ccc(OC)cc1OC. The molecule has 0 saturated heterocycles. The maximum atomic E-state index is 13.8. The summed E-state index contributed by atoms with van der Waals surface area (Å²) in [5.74, 6) is -0.136. The molecule has 0 radical (unpaired) electrons. The van der Waals surface area contributed by atoms with Crippen LogP contribution in [0, 0.1) is 0 Å². The van der Waals surface area contributed by atoms with Crippen LogP contribution in [0.2, 0.25) is 4.34 Å². The Morgan fingerprint density at radius 3 is 2.59 bits per heavy atom. The first-order valence-corrected chi connectivity index (χ1v) is 12.5. The van der Waals surface area contributed by atoms with Crippen molar-refractivity contribution in [1.82, 2.24) is 14.9 Å². The second kappa shape index (κ2) is 9.49. The highest BCUT2D eigenvalue weighted by molar-refractivity contribution is 7.92. The van der Waals surface area contributed by atoms with Gasteiger partial charge in [0.2, 0.25) is 5.13 Å². The molecule has 34 heavy (non-hydrogen) atoms. The van der Waals surface area contributed by atoms with Gasteiger partial charge in [-0.05, 0) is 18.2 Å². The fraction of sp³-hybridized carbons (Fsp3) is 0.190. The average molecular weight is 523 g/mol. The number of carbonyl (C=O) groups excluding carboxylic acids is 1. The Labute approximate surface area is 204 Å². The third-order valence-corrected chi connectivity index (χ3v) is 7.63. The highest BCUT2D eigenvalue weighted by Crippen LogP contribution is 2.33. The summed E-state index contributed by atoms with van der Waals surface area (Å²) >= 11 is 7.04. The number of benzene rings is 2. The lowest BCUT2D eigenvalue weighted by atomic mass is 10.1. The molecule has 0 atom stereocenters. The van der Waals surface area contributed by atoms with Crippen LogP contribution in [-0.2, 0) is 20.5 Å². The van der Waals surface area contributed by atoms with Crippen LogP contribution in [0.25, 0.3) is 10.9 Å². The number of hydrogen-bond acceptors (Lipinski definition) is 9. The van der Waals surface area contributed by atoms with E-state index in [2.05, 4.69) is 10.1 Å². The van der Waals surface area contributed by atoms with Crippen LogP contribution in [0.1, 0.15) is 15.9 Å². The number of carbonyl (C=O) groups is 1. The second-order valence-corrected chi connectivity index (χ2v) is 10.3. The third kappa shape index (κ3) is 4.39. The standard InChI is InChI=1S/C21H19ClN4O6S2/c1-30-14-8-7-13(18(9-14)31-2)12-34(28,29)26(21-23-11-19(22)33-21)25-17-6-4-5-15(20(27)32-3)16(17)10-24-25/h4-11H,12H2,1-3H3. The van der Waals surface area contributed by atoms with Crippen molar-refractivity contribution in [3.05, 3.63) is 64.3 Å². The molecule has 0 spiro atoms. The van der Waals surface area contributed by atoms with Gasteiger partial charge in [0.15, 0.2) is 0 Å². The average Bonchev–Trinajstić information content (AvgIpc) is 3.45. The van der Waals surface area contributed by atoms with Gasteiger partial charge in [0.25, 0.3) is 10.0 Å². The molecular weight excluding hydrogens is 504 g/mol. The number of sulfonamides is 1. The quantitative estimate of drug-likeness (QED) is 0.321. The monoisotopic (exact) mass is 522 g/mol. The summed E-state index contributed by atoms with van der Waals surface area (Å²) in [6, 6.07) is 9.67. The molecular formula is C21H19ClN4O6S2. The normalized spacial score (nSPS) is 11.4. The van der Waals surface area contributed by atoms with E-state index in [1.54, 1.807) is 36.4 Å². The third-order valence-electron chi connectivity index (χ3n) is 4.90. The molecule has 4 rings (SSSR count). The van der Waals surface area contributed by atoms with Crippen molar-refractivity contribution in [2.24, 2.45) is 0 Å². The van der Waals surface area contributed by atoms with Gasteiger partial charge in [0.1, 0.15) is 15.8 Å². The van der Waals surface area contributed by atoms with E-state index >= 15 is 0 Å². The highest BCUT2D eigenvalue weighted by atomic mass is 35.5. The number of anilines is 1. The van der Waals surface area contributed by atoms with E-state index < -0.39 is 21.7 Å². The number of ether oxygens (including phenoxy) is 3. The van der Waals surface area contributed by atoms with Gasteiger partial charge in [-0.25, -0.2) is 18.2 Å². The predicted molar refractivity (Wildman–Crippen MR) is 128 cm³/mol. The molecule has 2 heterocycles. The molecule has 2 aromatic carbocycles. The predicted octanol–water partition coefficient (Wildman–Crippen LogP) is 3.75. The Balaban J connectivity index is 1.86. The van der Waals surface area contributed by atoms with Crippen LogP contribution in [0.3, 0.4) is 0 Å². The fourth-order valence-corrected chi connectivity index (χ4v) is 6.01. The molecule has 178 valence electrons. The number of esters is 1. The molecule has 0 N–H and O–H groups in total. The van der Waals surface area contributed by atoms with Gasteiger partial charge in [0.05, 0.1) is 50.6 Å². The first-order valence-electron chi connectivity index (χ1n) is 9.69. The molecule has 10 nitrogen and oxygen atoms in total. The Bertz CT molecular complexity index is 1470. The Hall–Kier alpha value is -3.35. The Kier molecular flexibility index (Phi) is 6.64. The lowest BCUT2D eigenvalue weighted by Crippen LogP contribution is -2.37. The zero-order chi connectivity index (χ0) is 24.5. The Morgan fingerprint density at radius 1 is 1.15 bits per heavy atom. The summed E-state index contributed by atoms with van der Waals surface area (Å²) in [7, 11) is 0.0793. The number of fused-ring (bicyclic) bond motifs is 1. The zero-order valence-corrected chi connectivity index (χ0v) is 20.6. The van der Waals surface area contributed by atoms with Gasteiger partial charge in [-0.2, -0.15) is 9.89 Å². The van der Waals surface area contributed by atoms with Crippen molar-refractivity contribution < 1.29 is 27.4 Å². The number of thiazole rings is 1. The van der Waals surface area contributed by atoms with Crippen molar-refractivity contribution in [2.75, 3.05) is 25.7 Å². The van der Waals surface area contributed by atoms with Gasteiger partial charge in [-0.15, -0.1) is 4.41 Å². The number of rotatable bonds is 8. The molecule has 2 aromatic heterocycles. The van der Waals surface area contributed by atoms with E-state index in [4.69, 9.17) is 25.8 Å². The Morgan fingerprint density at radius 2 is 1.94 bits per heavy atom. The second-order valence-electron chi connectivity index (χ2n) is 6.89. The van der Waals surface area contributed by atoms with E-state index in [9.17, 15) is 13.2 Å². The van der Waals surface area contributed by atoms with E-state index in [-0.39, 0.29) is 10.7 Å². The molecule has 0 amide bonds. The van der Waals surface area contributed by atoms with Gasteiger partial charge in [-0.3, -0.25) is 0 Å². The number of hydrogen-bond donors (Lipinski definition) is 0. The van der Waals surface area contributed by atoms with Gasteiger partial charge >= 0.3 is 5.97 Å². The molecule has 0 aliphatic rings. The lowest BCUT2D eigenvalue weighted by molar-refractivity contribution is 0.0603. The molecule has 0 aliphatic heterocycles. The summed E-state index contributed by atoms with van der Waals surface area (Å²) in [6.45, 7) is 0. The lowest BCUT2D eigenvalue weighted by Gasteiger charge is -2.22. The topological polar surface area (TPSA) is 113 Å². The first-order chi connectivity index (χ1) is 16.3. The minimum atomic E-state index is -4.13. The van der Waals surface area contributed by atoms with E-state index in [1.165, 1.54) is 38.5 Å². The maximum Gasteiger partial charge on any atom is 0.338 e. The van der Waals surface area contributed by atoms with Crippen molar-refractivity contribution in [3.8, 4) is 11.5 Å². The molecule has 0 fully saturated rings. The highest BCUT2D eigenvalue weighted by Gasteiger charge is 2.31. The number of halogens is 1. The molecule has 0 bridgehead atoms. The first kappa shape index (κ1) is 23.8. The fourth-order valence-electron chi connectivity index (χ4n) is 3.35. The largest absolute Gasteiger partial charge is 0.497 e. The van der Waals surface area contributed by atoms with Crippen LogP contribution >= 0.6 is 22.9 Å². The van der Waals surface area contributed by atoms with Crippen LogP contribution in [0.4, 0.5) is 5.13 Å². The van der Waals surface area contributed by atoms with Crippen LogP contribution in [-0.4, -0.2) is 50.6 Å². The maximum absolute atomic E-state index is 13.8. The van der Waals surface area contributed by atoms with Crippen LogP contribution in [0.5, 0.6) is 11.5 Å². The van der Waals surface area contributed by atoms with E-state index in [0.29, 0.717) is 32.3 Å². The minimum Gasteiger partial charge on any atom is -0.497 e. The number of nitrogens with zero attached hydrogens (tertiary/aromatic N) is 4. The van der Waals surface area contributed by atoms with Crippen molar-refractivity contribution >= 4 is 55.0 Å². The summed E-state index contributed by atoms with van der Waals surface area (Å²) < 4.78 is 44.2. The van der Waals surface area contributed by atoms with Gasteiger partial charge in [0, 0.05) is 17.0 Å². The van der Waals surface area contributed by atoms with Crippen molar-refractivity contribution in [2.45, 2.75) is 5.75 Å². The van der Waals surface area contributed by atoms with E-state index in [0.717, 1.165) is 15.8 Å². The van der Waals surface area contributed by atoms with Gasteiger partial charge in [-0.1, -0.05) is 35.1 Å². The summed E-state index contributed by atoms with van der Waals surface area (Å²) in [5.41, 5.74) is 1.01. The summed E-state index contributed by atoms with van der Waals surface area (Å²) in [4.78, 5) is 17.5. The molecule has 0 saturated carbocycles. The minimum absolute atomic E-state index is 0.0750. The number of aromatic nitrogens is 3. The number of methoxy groups -OCH3 is 3. The molecule has 0 aliphatic carbocycles. The zero-order valence-electron chi connectivity index (χ0n) is 18.3. The molecule has 4 aromatic rings. The van der Waals surface area contributed by atoms with Gasteiger partial charge < -0.3 is 14.2 Å². The van der Waals surface area contributed by atoms with Crippen LogP contribution in [0.15, 0.2) is 48.8 Å². The molecule has 13 heteroatoms. The van der Waals surface area contributed by atoms with Crippen LogP contribution < -0.4 is 13.9 Å².